The summed E-state index contributed by atoms with van der Waals surface area (Å²) < 4.78 is 23.5. The zero-order chi connectivity index (χ0) is 9.84. The quantitative estimate of drug-likeness (QED) is 0.513. The molecule has 0 aromatic carbocycles. The van der Waals surface area contributed by atoms with E-state index in [-0.39, 0.29) is 18.4 Å². The number of hydrogen-bond donors (Lipinski definition) is 4. The van der Waals surface area contributed by atoms with Crippen LogP contribution < -0.4 is 11.1 Å². The Kier molecular flexibility index (Phi) is 2.96. The van der Waals surface area contributed by atoms with Crippen molar-refractivity contribution in [2.45, 2.75) is 12.5 Å². The number of nitrogen functional groups attached to an aromatic ring is 1. The van der Waals surface area contributed by atoms with Crippen molar-refractivity contribution in [3.05, 3.63) is 0 Å². The average Bonchev–Trinajstić information content (AvgIpc) is 2.47. The van der Waals surface area contributed by atoms with Gasteiger partial charge < -0.3 is 16.2 Å². The van der Waals surface area contributed by atoms with Crippen LogP contribution in [0.15, 0.2) is 0 Å². The summed E-state index contributed by atoms with van der Waals surface area (Å²) in [5.41, 5.74) is 5.16. The van der Waals surface area contributed by atoms with Crippen LogP contribution in [-0.4, -0.2) is 39.4 Å². The Hall–Kier alpha value is -1.44. The third-order valence-electron chi connectivity index (χ3n) is 1.26. The van der Waals surface area contributed by atoms with E-state index in [9.17, 15) is 8.78 Å². The van der Waals surface area contributed by atoms with Gasteiger partial charge in [0.15, 0.2) is 0 Å². The van der Waals surface area contributed by atoms with E-state index >= 15 is 0 Å². The molecule has 1 aromatic rings. The smallest absolute Gasteiger partial charge is 0.265 e. The molecule has 1 heterocycles. The van der Waals surface area contributed by atoms with Gasteiger partial charge in [-0.05, 0) is 0 Å². The molecule has 8 heteroatoms. The van der Waals surface area contributed by atoms with Gasteiger partial charge in [0.2, 0.25) is 11.9 Å². The molecule has 1 unspecified atom stereocenters. The maximum Gasteiger partial charge on any atom is 0.265 e. The highest BCUT2D eigenvalue weighted by Crippen LogP contribution is 2.03. The maximum atomic E-state index is 11.8. The van der Waals surface area contributed by atoms with Gasteiger partial charge in [0.05, 0.1) is 0 Å². The van der Waals surface area contributed by atoms with Crippen LogP contribution in [0.5, 0.6) is 0 Å². The van der Waals surface area contributed by atoms with Crippen LogP contribution in [0.2, 0.25) is 0 Å². The fourth-order valence-corrected chi connectivity index (χ4v) is 0.638. The van der Waals surface area contributed by atoms with Gasteiger partial charge in [-0.15, -0.1) is 5.10 Å². The van der Waals surface area contributed by atoms with E-state index in [2.05, 4.69) is 20.5 Å². The Balaban J connectivity index is 2.35. The molecular formula is C5H9F2N5O. The average molecular weight is 193 g/mol. The maximum absolute atomic E-state index is 11.8. The molecule has 0 aliphatic heterocycles. The van der Waals surface area contributed by atoms with Gasteiger partial charge in [0.25, 0.3) is 6.43 Å². The molecule has 0 saturated carbocycles. The van der Waals surface area contributed by atoms with Crippen molar-refractivity contribution in [1.29, 1.82) is 0 Å². The second-order valence-corrected chi connectivity index (χ2v) is 2.33. The number of halogens is 2. The van der Waals surface area contributed by atoms with Crippen LogP contribution in [0, 0.1) is 0 Å². The fourth-order valence-electron chi connectivity index (χ4n) is 0.638. The molecule has 1 atom stereocenters. The Morgan fingerprint density at radius 3 is 2.77 bits per heavy atom. The summed E-state index contributed by atoms with van der Waals surface area (Å²) in [6, 6.07) is 0. The molecule has 0 aliphatic carbocycles. The highest BCUT2D eigenvalue weighted by atomic mass is 19.3. The molecule has 13 heavy (non-hydrogen) atoms. The first kappa shape index (κ1) is 9.65. The van der Waals surface area contributed by atoms with Gasteiger partial charge in [-0.3, -0.25) is 0 Å². The number of hydrogen-bond acceptors (Lipinski definition) is 5. The Bertz CT molecular complexity index is 265. The second-order valence-electron chi connectivity index (χ2n) is 2.33. The van der Waals surface area contributed by atoms with Gasteiger partial charge in [-0.25, -0.2) is 13.9 Å². The molecule has 74 valence electrons. The predicted molar refractivity (Wildman–Crippen MR) is 41.3 cm³/mol. The van der Waals surface area contributed by atoms with Crippen LogP contribution in [-0.2, 0) is 0 Å². The Labute approximate surface area is 72.2 Å². The van der Waals surface area contributed by atoms with Crippen molar-refractivity contribution in [3.8, 4) is 0 Å². The highest BCUT2D eigenvalue weighted by Gasteiger charge is 2.16. The van der Waals surface area contributed by atoms with Gasteiger partial charge >= 0.3 is 0 Å². The summed E-state index contributed by atoms with van der Waals surface area (Å²) in [6.07, 6.45) is -4.52. The monoisotopic (exact) mass is 193 g/mol. The van der Waals surface area contributed by atoms with Gasteiger partial charge in [-0.1, -0.05) is 0 Å². The summed E-state index contributed by atoms with van der Waals surface area (Å²) in [5.74, 6) is 0.159. The first-order valence-corrected chi connectivity index (χ1v) is 3.47. The van der Waals surface area contributed by atoms with Crippen molar-refractivity contribution < 1.29 is 13.9 Å². The minimum Gasteiger partial charge on any atom is -0.385 e. The van der Waals surface area contributed by atoms with Crippen molar-refractivity contribution in [1.82, 2.24) is 15.2 Å². The third-order valence-corrected chi connectivity index (χ3v) is 1.26. The van der Waals surface area contributed by atoms with Crippen LogP contribution in [0.25, 0.3) is 0 Å². The molecule has 0 radical (unpaired) electrons. The van der Waals surface area contributed by atoms with Crippen molar-refractivity contribution >= 4 is 11.9 Å². The van der Waals surface area contributed by atoms with Crippen LogP contribution >= 0.6 is 0 Å². The predicted octanol–water partition coefficient (Wildman–Crippen LogP) is -0.575. The van der Waals surface area contributed by atoms with E-state index in [0.717, 1.165) is 0 Å². The number of rotatable bonds is 4. The minimum atomic E-state index is -2.79. The normalized spacial score (nSPS) is 13.2. The highest BCUT2D eigenvalue weighted by molar-refractivity contribution is 5.29. The molecule has 0 fully saturated rings. The van der Waals surface area contributed by atoms with Gasteiger partial charge in [0, 0.05) is 6.54 Å². The molecule has 1 rings (SSSR count). The summed E-state index contributed by atoms with van der Waals surface area (Å²) in [6.45, 7) is -0.324. The molecular weight excluding hydrogens is 184 g/mol. The summed E-state index contributed by atoms with van der Waals surface area (Å²) in [7, 11) is 0. The van der Waals surface area contributed by atoms with Gasteiger partial charge in [-0.2, -0.15) is 4.98 Å². The standard InChI is InChI=1S/C5H9F2N5O/c6-3(7)2(13)1-9-5-10-4(8)11-12-5/h2-3,13H,1H2,(H4,8,9,10,11,12). The molecule has 1 aromatic heterocycles. The van der Waals surface area contributed by atoms with E-state index in [0.29, 0.717) is 0 Å². The third kappa shape index (κ3) is 2.82. The molecule has 6 nitrogen and oxygen atoms in total. The summed E-state index contributed by atoms with van der Waals surface area (Å²) in [4.78, 5) is 3.59. The molecule has 5 N–H and O–H groups in total. The molecule has 0 bridgehead atoms. The largest absolute Gasteiger partial charge is 0.385 e. The second kappa shape index (κ2) is 3.99. The number of aromatic amines is 1. The molecule has 0 saturated heterocycles. The van der Waals surface area contributed by atoms with Crippen LogP contribution in [0.4, 0.5) is 20.7 Å². The van der Waals surface area contributed by atoms with Crippen LogP contribution in [0.3, 0.4) is 0 Å². The zero-order valence-electron chi connectivity index (χ0n) is 6.54. The van der Waals surface area contributed by atoms with E-state index in [4.69, 9.17) is 10.8 Å². The summed E-state index contributed by atoms with van der Waals surface area (Å²) in [5, 5.41) is 16.9. The van der Waals surface area contributed by atoms with E-state index in [1.165, 1.54) is 0 Å². The lowest BCUT2D eigenvalue weighted by Crippen LogP contribution is -2.27. The first-order valence-electron chi connectivity index (χ1n) is 3.47. The lowest BCUT2D eigenvalue weighted by molar-refractivity contribution is 0.00377. The number of aromatic nitrogens is 3. The summed E-state index contributed by atoms with van der Waals surface area (Å²) >= 11 is 0. The number of nitrogens with zero attached hydrogens (tertiary/aromatic N) is 2. The number of anilines is 2. The van der Waals surface area contributed by atoms with Crippen molar-refractivity contribution in [2.24, 2.45) is 0 Å². The van der Waals surface area contributed by atoms with Crippen LogP contribution in [0.1, 0.15) is 0 Å². The lowest BCUT2D eigenvalue weighted by Gasteiger charge is -2.08. The Morgan fingerprint density at radius 2 is 2.31 bits per heavy atom. The van der Waals surface area contributed by atoms with E-state index < -0.39 is 12.5 Å². The fraction of sp³-hybridized carbons (Fsp3) is 0.600. The van der Waals surface area contributed by atoms with Gasteiger partial charge in [0.1, 0.15) is 6.10 Å². The van der Waals surface area contributed by atoms with E-state index in [1.54, 1.807) is 0 Å². The molecule has 0 aliphatic rings. The number of nitrogens with two attached hydrogens (primary N) is 1. The lowest BCUT2D eigenvalue weighted by atomic mass is 10.4. The number of aliphatic hydroxyl groups excluding tert-OH is 1. The topological polar surface area (TPSA) is 99.8 Å². The van der Waals surface area contributed by atoms with E-state index in [1.807, 2.05) is 0 Å². The number of H-pyrrole nitrogens is 1. The molecule has 0 spiro atoms. The van der Waals surface area contributed by atoms with Crippen molar-refractivity contribution in [2.75, 3.05) is 17.6 Å². The van der Waals surface area contributed by atoms with Crippen molar-refractivity contribution in [3.63, 3.8) is 0 Å². The molecule has 0 amide bonds. The zero-order valence-corrected chi connectivity index (χ0v) is 6.54. The SMILES string of the molecule is Nc1nc(NCC(O)C(F)F)n[nH]1. The first-order chi connectivity index (χ1) is 6.09. The number of alkyl halides is 2. The number of nitrogens with one attached hydrogen (secondary N) is 2. The Morgan fingerprint density at radius 1 is 1.62 bits per heavy atom. The number of aliphatic hydroxyl groups is 1. The minimum absolute atomic E-state index is 0.0778.